The van der Waals surface area contributed by atoms with Crippen LogP contribution < -0.4 is 0 Å². The molecule has 0 N–H and O–H groups in total. The van der Waals surface area contributed by atoms with Gasteiger partial charge in [-0.2, -0.15) is 0 Å². The van der Waals surface area contributed by atoms with Crippen LogP contribution in [0, 0.1) is 0 Å². The van der Waals surface area contributed by atoms with Crippen LogP contribution in [0.1, 0.15) is 19.4 Å². The van der Waals surface area contributed by atoms with Crippen LogP contribution in [-0.4, -0.2) is 35.8 Å². The average Bonchev–Trinajstić information content (AvgIpc) is 2.78. The highest BCUT2D eigenvalue weighted by Crippen LogP contribution is 2.47. The van der Waals surface area contributed by atoms with Gasteiger partial charge in [0.05, 0.1) is 12.5 Å². The largest absolute Gasteiger partial charge is 0.344 e. The van der Waals surface area contributed by atoms with Crippen LogP contribution in [0.5, 0.6) is 0 Å². The fourth-order valence-electron chi connectivity index (χ4n) is 3.19. The predicted octanol–water partition coefficient (Wildman–Crippen LogP) is 5.50. The van der Waals surface area contributed by atoms with Crippen LogP contribution in [0.2, 0.25) is 0 Å². The summed E-state index contributed by atoms with van der Waals surface area (Å²) in [5.74, 6) is 0. The Morgan fingerprint density at radius 1 is 0.875 bits per heavy atom. The molecule has 0 aliphatic rings. The van der Waals surface area contributed by atoms with E-state index in [2.05, 4.69) is 93.1 Å². The number of benzene rings is 2. The second-order valence-electron chi connectivity index (χ2n) is 8.13. The Bertz CT molecular complexity index is 911. The van der Waals surface area contributed by atoms with Crippen molar-refractivity contribution in [2.24, 2.45) is 7.05 Å². The molecule has 0 radical (unpaired) electrons. The SMILES string of the molecule is Cn1c2ccc(C(C)(C)[S+](C)C)cc2c2cc(S(C)(C)C)ccc21. The van der Waals surface area contributed by atoms with E-state index >= 15 is 0 Å². The van der Waals surface area contributed by atoms with Crippen LogP contribution in [0.15, 0.2) is 41.3 Å². The van der Waals surface area contributed by atoms with Gasteiger partial charge < -0.3 is 4.57 Å². The summed E-state index contributed by atoms with van der Waals surface area (Å²) in [5, 5.41) is 2.80. The summed E-state index contributed by atoms with van der Waals surface area (Å²) in [6, 6.07) is 14.1. The minimum absolute atomic E-state index is 0.212. The van der Waals surface area contributed by atoms with E-state index in [1.165, 1.54) is 32.3 Å². The van der Waals surface area contributed by atoms with E-state index in [1.807, 2.05) is 0 Å². The molecule has 3 rings (SSSR count). The fraction of sp³-hybridized carbons (Fsp3) is 0.429. The maximum absolute atomic E-state index is 2.44. The van der Waals surface area contributed by atoms with Crippen molar-refractivity contribution < 1.29 is 0 Å². The average molecular weight is 361 g/mol. The van der Waals surface area contributed by atoms with E-state index < -0.39 is 10.0 Å². The molecule has 2 aromatic carbocycles. The van der Waals surface area contributed by atoms with Gasteiger partial charge in [0.1, 0.15) is 4.75 Å². The first-order valence-corrected chi connectivity index (χ1v) is 13.2. The van der Waals surface area contributed by atoms with Crippen molar-refractivity contribution >= 4 is 42.7 Å². The molecule has 0 amide bonds. The van der Waals surface area contributed by atoms with Gasteiger partial charge in [-0.1, -0.05) is 6.07 Å². The van der Waals surface area contributed by atoms with E-state index in [4.69, 9.17) is 0 Å². The molecule has 1 heterocycles. The number of aryl methyl sites for hydroxylation is 1. The molecule has 0 spiro atoms. The van der Waals surface area contributed by atoms with Crippen molar-refractivity contribution in [1.82, 2.24) is 4.57 Å². The van der Waals surface area contributed by atoms with Gasteiger partial charge in [-0.05, 0) is 78.7 Å². The number of nitrogens with zero attached hydrogens (tertiary/aromatic N) is 1. The molecule has 0 saturated heterocycles. The van der Waals surface area contributed by atoms with Crippen molar-refractivity contribution in [2.75, 3.05) is 31.3 Å². The third-order valence-electron chi connectivity index (χ3n) is 5.40. The van der Waals surface area contributed by atoms with Crippen LogP contribution in [-0.2, 0) is 22.7 Å². The first-order valence-electron chi connectivity index (χ1n) is 8.32. The van der Waals surface area contributed by atoms with Crippen LogP contribution >= 0.6 is 10.0 Å². The molecule has 0 fully saturated rings. The van der Waals surface area contributed by atoms with Gasteiger partial charge in [-0.25, -0.2) is 10.0 Å². The van der Waals surface area contributed by atoms with E-state index in [0.29, 0.717) is 10.9 Å². The lowest BCUT2D eigenvalue weighted by molar-refractivity contribution is 0.776. The highest BCUT2D eigenvalue weighted by molar-refractivity contribution is 8.32. The summed E-state index contributed by atoms with van der Waals surface area (Å²) < 4.78 is 2.55. The lowest BCUT2D eigenvalue weighted by Crippen LogP contribution is -2.27. The molecule has 0 aliphatic carbocycles. The highest BCUT2D eigenvalue weighted by Gasteiger charge is 2.33. The summed E-state index contributed by atoms with van der Waals surface area (Å²) in [6.45, 7) is 4.74. The summed E-state index contributed by atoms with van der Waals surface area (Å²) in [6.07, 6.45) is 11.8. The minimum Gasteiger partial charge on any atom is -0.344 e. The van der Waals surface area contributed by atoms with E-state index in [-0.39, 0.29) is 4.75 Å². The third-order valence-corrected chi connectivity index (χ3v) is 9.35. The van der Waals surface area contributed by atoms with Gasteiger partial charge in [0.15, 0.2) is 0 Å². The first kappa shape index (κ1) is 17.8. The molecule has 1 nitrogen and oxygen atoms in total. The van der Waals surface area contributed by atoms with Gasteiger partial charge >= 0.3 is 0 Å². The Morgan fingerprint density at radius 3 is 1.96 bits per heavy atom. The van der Waals surface area contributed by atoms with Gasteiger partial charge in [0.25, 0.3) is 0 Å². The van der Waals surface area contributed by atoms with Gasteiger partial charge in [0.2, 0.25) is 0 Å². The number of fused-ring (bicyclic) bond motifs is 3. The summed E-state index contributed by atoms with van der Waals surface area (Å²) in [5.41, 5.74) is 4.11. The number of rotatable bonds is 3. The molecular formula is C21H30NS2+. The lowest BCUT2D eigenvalue weighted by atomic mass is 10.00. The Balaban J connectivity index is 2.33. The monoisotopic (exact) mass is 360 g/mol. The molecule has 0 unspecified atom stereocenters. The molecule has 24 heavy (non-hydrogen) atoms. The number of aromatic nitrogens is 1. The van der Waals surface area contributed by atoms with E-state index in [9.17, 15) is 0 Å². The molecule has 0 aliphatic heterocycles. The summed E-state index contributed by atoms with van der Waals surface area (Å²) >= 11 is 0. The Labute approximate surface area is 151 Å². The molecule has 0 saturated carbocycles. The van der Waals surface area contributed by atoms with E-state index in [0.717, 1.165) is 0 Å². The van der Waals surface area contributed by atoms with Gasteiger partial charge in [0, 0.05) is 34.4 Å². The fourth-order valence-corrected chi connectivity index (χ4v) is 4.73. The molecule has 3 aromatic rings. The minimum atomic E-state index is -0.714. The van der Waals surface area contributed by atoms with Crippen LogP contribution in [0.25, 0.3) is 21.8 Å². The highest BCUT2D eigenvalue weighted by atomic mass is 32.3. The topological polar surface area (TPSA) is 4.93 Å². The van der Waals surface area contributed by atoms with Crippen molar-refractivity contribution in [3.8, 4) is 0 Å². The smallest absolute Gasteiger partial charge is 0.147 e. The summed E-state index contributed by atoms with van der Waals surface area (Å²) in [4.78, 5) is 1.48. The second kappa shape index (κ2) is 5.74. The molecular weight excluding hydrogens is 330 g/mol. The Morgan fingerprint density at radius 2 is 1.42 bits per heavy atom. The molecule has 0 bridgehead atoms. The number of hydrogen-bond acceptors (Lipinski definition) is 0. The van der Waals surface area contributed by atoms with Crippen molar-refractivity contribution in [1.29, 1.82) is 0 Å². The Hall–Kier alpha value is -1.06. The predicted molar refractivity (Wildman–Crippen MR) is 116 cm³/mol. The standard InChI is InChI=1S/C21H30NS2/c1-21(2,23(4)5)15-9-11-19-17(13-15)18-14-16(24(6,7)8)10-12-20(18)22(19)3/h9-14H,1-8H3/q+1. The number of hydrogen-bond donors (Lipinski definition) is 0. The zero-order valence-corrected chi connectivity index (χ0v) is 17.9. The zero-order chi connectivity index (χ0) is 17.9. The quantitative estimate of drug-likeness (QED) is 0.544. The van der Waals surface area contributed by atoms with E-state index in [1.54, 1.807) is 0 Å². The molecule has 3 heteroatoms. The second-order valence-corrected chi connectivity index (χ2v) is 14.9. The zero-order valence-electron chi connectivity index (χ0n) is 16.2. The lowest BCUT2D eigenvalue weighted by Gasteiger charge is -2.25. The van der Waals surface area contributed by atoms with Gasteiger partial charge in [-0.3, -0.25) is 0 Å². The maximum atomic E-state index is 2.44. The molecule has 0 atom stereocenters. The van der Waals surface area contributed by atoms with Gasteiger partial charge in [-0.15, -0.1) is 0 Å². The maximum Gasteiger partial charge on any atom is 0.147 e. The van der Waals surface area contributed by atoms with Crippen molar-refractivity contribution in [3.63, 3.8) is 0 Å². The first-order chi connectivity index (χ1) is 11.0. The van der Waals surface area contributed by atoms with Crippen molar-refractivity contribution in [3.05, 3.63) is 42.0 Å². The Kier molecular flexibility index (Phi) is 4.25. The van der Waals surface area contributed by atoms with Crippen molar-refractivity contribution in [2.45, 2.75) is 23.5 Å². The summed E-state index contributed by atoms with van der Waals surface area (Å²) in [7, 11) is 1.80. The molecule has 130 valence electrons. The normalized spacial score (nSPS) is 14.0. The molecule has 1 aromatic heterocycles. The third kappa shape index (κ3) is 2.76. The van der Waals surface area contributed by atoms with Crippen LogP contribution in [0.3, 0.4) is 0 Å². The van der Waals surface area contributed by atoms with Crippen LogP contribution in [0.4, 0.5) is 0 Å².